The first kappa shape index (κ1) is 14.3. The Hall–Kier alpha value is 0.270. The van der Waals surface area contributed by atoms with Gasteiger partial charge in [-0.1, -0.05) is 13.8 Å². The number of rotatable bonds is 7. The summed E-state index contributed by atoms with van der Waals surface area (Å²) in [6, 6.07) is 0.614. The van der Waals surface area contributed by atoms with Crippen LogP contribution in [-0.4, -0.2) is 36.2 Å². The maximum atomic E-state index is 3.48. The zero-order valence-electron chi connectivity index (χ0n) is 10.3. The molecule has 0 amide bonds. The molecule has 86 valence electrons. The number of hydrogen-bond donors (Lipinski definition) is 2. The molecule has 0 aromatic heterocycles. The van der Waals surface area contributed by atoms with Crippen molar-refractivity contribution >= 4 is 11.8 Å². The van der Waals surface area contributed by atoms with Gasteiger partial charge in [0, 0.05) is 36.2 Å². The summed E-state index contributed by atoms with van der Waals surface area (Å²) in [5.41, 5.74) is 0.261. The van der Waals surface area contributed by atoms with Crippen LogP contribution in [0.1, 0.15) is 34.6 Å². The highest BCUT2D eigenvalue weighted by Gasteiger charge is 2.06. The average Bonchev–Trinajstić information content (AvgIpc) is 2.00. The molecule has 2 nitrogen and oxygen atoms in total. The van der Waals surface area contributed by atoms with E-state index in [2.05, 4.69) is 45.3 Å². The smallest absolute Gasteiger partial charge is 0.00968 e. The van der Waals surface area contributed by atoms with Crippen molar-refractivity contribution in [2.75, 3.05) is 24.6 Å². The van der Waals surface area contributed by atoms with Gasteiger partial charge < -0.3 is 10.6 Å². The van der Waals surface area contributed by atoms with Gasteiger partial charge in [-0.2, -0.15) is 11.8 Å². The summed E-state index contributed by atoms with van der Waals surface area (Å²) >= 11 is 2.01. The molecule has 0 bridgehead atoms. The Labute approximate surface area is 93.6 Å². The van der Waals surface area contributed by atoms with Crippen molar-refractivity contribution in [1.29, 1.82) is 0 Å². The Morgan fingerprint density at radius 3 is 2.14 bits per heavy atom. The van der Waals surface area contributed by atoms with Gasteiger partial charge in [0.05, 0.1) is 0 Å². The van der Waals surface area contributed by atoms with E-state index in [0.717, 1.165) is 13.1 Å². The Morgan fingerprint density at radius 2 is 1.64 bits per heavy atom. The summed E-state index contributed by atoms with van der Waals surface area (Å²) in [4.78, 5) is 0. The van der Waals surface area contributed by atoms with Crippen LogP contribution in [0.4, 0.5) is 0 Å². The monoisotopic (exact) mass is 218 g/mol. The second-order valence-electron chi connectivity index (χ2n) is 4.90. The number of nitrogens with one attached hydrogen (secondary N) is 2. The van der Waals surface area contributed by atoms with E-state index >= 15 is 0 Å². The van der Waals surface area contributed by atoms with Crippen LogP contribution in [-0.2, 0) is 0 Å². The maximum Gasteiger partial charge on any atom is 0.00968 e. The van der Waals surface area contributed by atoms with Gasteiger partial charge in [0.2, 0.25) is 0 Å². The molecule has 0 aliphatic heterocycles. The molecule has 0 saturated heterocycles. The van der Waals surface area contributed by atoms with Gasteiger partial charge in [-0.25, -0.2) is 0 Å². The predicted octanol–water partition coefficient (Wildman–Crippen LogP) is 2.11. The summed E-state index contributed by atoms with van der Waals surface area (Å²) in [5, 5.41) is 6.89. The fourth-order valence-electron chi connectivity index (χ4n) is 1.02. The number of thioether (sulfide) groups is 1. The quantitative estimate of drug-likeness (QED) is 0.640. The minimum absolute atomic E-state index is 0.261. The Balaban J connectivity index is 3.07. The predicted molar refractivity (Wildman–Crippen MR) is 68.2 cm³/mol. The van der Waals surface area contributed by atoms with Crippen molar-refractivity contribution in [3.63, 3.8) is 0 Å². The highest BCUT2D eigenvalue weighted by Crippen LogP contribution is 2.01. The minimum atomic E-state index is 0.261. The highest BCUT2D eigenvalue weighted by atomic mass is 32.2. The largest absolute Gasteiger partial charge is 0.314 e. The number of hydrogen-bond acceptors (Lipinski definition) is 3. The molecule has 3 heteroatoms. The molecule has 2 N–H and O–H groups in total. The van der Waals surface area contributed by atoms with E-state index in [0.29, 0.717) is 6.04 Å². The normalized spacial score (nSPS) is 12.4. The topological polar surface area (TPSA) is 24.1 Å². The molecule has 0 radical (unpaired) electrons. The van der Waals surface area contributed by atoms with Crippen molar-refractivity contribution < 1.29 is 0 Å². The third-order valence-electron chi connectivity index (χ3n) is 1.70. The highest BCUT2D eigenvalue weighted by molar-refractivity contribution is 7.99. The van der Waals surface area contributed by atoms with Crippen molar-refractivity contribution in [1.82, 2.24) is 10.6 Å². The zero-order chi connectivity index (χ0) is 11.0. The van der Waals surface area contributed by atoms with E-state index in [4.69, 9.17) is 0 Å². The van der Waals surface area contributed by atoms with Gasteiger partial charge in [-0.05, 0) is 20.8 Å². The van der Waals surface area contributed by atoms with Crippen LogP contribution < -0.4 is 10.6 Å². The maximum absolute atomic E-state index is 3.48. The second-order valence-corrected chi connectivity index (χ2v) is 6.12. The summed E-state index contributed by atoms with van der Waals surface area (Å²) in [5.74, 6) is 2.42. The molecule has 0 aliphatic carbocycles. The van der Waals surface area contributed by atoms with Crippen LogP contribution in [0.25, 0.3) is 0 Å². The lowest BCUT2D eigenvalue weighted by atomic mass is 10.1. The second kappa shape index (κ2) is 7.55. The van der Waals surface area contributed by atoms with Crippen molar-refractivity contribution in [2.24, 2.45) is 0 Å². The van der Waals surface area contributed by atoms with Crippen molar-refractivity contribution in [3.05, 3.63) is 0 Å². The fraction of sp³-hybridized carbons (Fsp3) is 1.00. The van der Waals surface area contributed by atoms with Crippen LogP contribution in [0.3, 0.4) is 0 Å². The van der Waals surface area contributed by atoms with E-state index in [1.54, 1.807) is 0 Å². The molecule has 0 atom stereocenters. The standard InChI is InChI=1S/C11H26N2S/c1-10(2)12-6-8-14-9-7-13-11(3,4)5/h10,12-13H,6-9H2,1-5H3. The molecule has 0 unspecified atom stereocenters. The van der Waals surface area contributed by atoms with Crippen LogP contribution in [0.15, 0.2) is 0 Å². The van der Waals surface area contributed by atoms with Gasteiger partial charge in [0.25, 0.3) is 0 Å². The van der Waals surface area contributed by atoms with Gasteiger partial charge in [0.15, 0.2) is 0 Å². The van der Waals surface area contributed by atoms with Crippen LogP contribution in [0, 0.1) is 0 Å². The summed E-state index contributed by atoms with van der Waals surface area (Å²) in [6.45, 7) is 13.2. The lowest BCUT2D eigenvalue weighted by Crippen LogP contribution is -2.37. The lowest BCUT2D eigenvalue weighted by Gasteiger charge is -2.20. The Morgan fingerprint density at radius 1 is 1.07 bits per heavy atom. The van der Waals surface area contributed by atoms with Crippen molar-refractivity contribution in [2.45, 2.75) is 46.2 Å². The Kier molecular flexibility index (Phi) is 7.69. The van der Waals surface area contributed by atoms with Gasteiger partial charge in [-0.3, -0.25) is 0 Å². The molecular weight excluding hydrogens is 192 g/mol. The zero-order valence-corrected chi connectivity index (χ0v) is 11.1. The SMILES string of the molecule is CC(C)NCCSCCNC(C)(C)C. The third-order valence-corrected chi connectivity index (χ3v) is 2.69. The molecule has 0 aromatic rings. The first-order valence-corrected chi connectivity index (χ1v) is 6.63. The molecule has 0 rings (SSSR count). The average molecular weight is 218 g/mol. The van der Waals surface area contributed by atoms with Crippen molar-refractivity contribution in [3.8, 4) is 0 Å². The lowest BCUT2D eigenvalue weighted by molar-refractivity contribution is 0.441. The molecule has 0 saturated carbocycles. The van der Waals surface area contributed by atoms with Gasteiger partial charge >= 0.3 is 0 Å². The van der Waals surface area contributed by atoms with Crippen LogP contribution in [0.5, 0.6) is 0 Å². The van der Waals surface area contributed by atoms with E-state index in [9.17, 15) is 0 Å². The molecule has 0 spiro atoms. The van der Waals surface area contributed by atoms with Gasteiger partial charge in [0.1, 0.15) is 0 Å². The Bertz CT molecular complexity index is 130. The summed E-state index contributed by atoms with van der Waals surface area (Å²) in [6.07, 6.45) is 0. The van der Waals surface area contributed by atoms with E-state index in [1.807, 2.05) is 11.8 Å². The van der Waals surface area contributed by atoms with Crippen LogP contribution >= 0.6 is 11.8 Å². The van der Waals surface area contributed by atoms with E-state index in [-0.39, 0.29) is 5.54 Å². The fourth-order valence-corrected chi connectivity index (χ4v) is 1.73. The molecule has 0 fully saturated rings. The molecular formula is C11H26N2S. The molecule has 0 heterocycles. The van der Waals surface area contributed by atoms with E-state index < -0.39 is 0 Å². The molecule has 0 aliphatic rings. The molecule has 0 aromatic carbocycles. The first-order valence-electron chi connectivity index (χ1n) is 5.48. The molecule has 14 heavy (non-hydrogen) atoms. The van der Waals surface area contributed by atoms with Crippen LogP contribution in [0.2, 0.25) is 0 Å². The third kappa shape index (κ3) is 12.3. The van der Waals surface area contributed by atoms with E-state index in [1.165, 1.54) is 11.5 Å². The summed E-state index contributed by atoms with van der Waals surface area (Å²) in [7, 11) is 0. The summed E-state index contributed by atoms with van der Waals surface area (Å²) < 4.78 is 0. The van der Waals surface area contributed by atoms with Gasteiger partial charge in [-0.15, -0.1) is 0 Å². The minimum Gasteiger partial charge on any atom is -0.314 e. The first-order chi connectivity index (χ1) is 6.42.